The molecule has 5 heteroatoms. The van der Waals surface area contributed by atoms with Crippen LogP contribution in [0.5, 0.6) is 0 Å². The molecule has 2 aliphatic heterocycles. The number of pyridine rings is 1. The fourth-order valence-corrected chi connectivity index (χ4v) is 3.46. The minimum atomic E-state index is 0.131. The zero-order valence-corrected chi connectivity index (χ0v) is 11.8. The number of hydrogen-bond acceptors (Lipinski definition) is 3. The molecule has 0 saturated carbocycles. The van der Waals surface area contributed by atoms with E-state index in [1.165, 1.54) is 5.69 Å². The first-order chi connectivity index (χ1) is 10.3. The van der Waals surface area contributed by atoms with Crippen molar-refractivity contribution < 1.29 is 4.79 Å². The van der Waals surface area contributed by atoms with E-state index < -0.39 is 0 Å². The molecule has 1 amide bonds. The standard InChI is InChI=1S/C16H18N4O/c21-16(12-3-6-17-7-4-12)20-9-13-8-19(15(13)11-20)10-14-2-1-5-18-14/h1-7,13,15,18H,8-11H2/t13-,15-/m1/s1. The highest BCUT2D eigenvalue weighted by molar-refractivity contribution is 5.94. The van der Waals surface area contributed by atoms with E-state index in [0.29, 0.717) is 12.0 Å². The van der Waals surface area contributed by atoms with Crippen LogP contribution in [0.15, 0.2) is 42.9 Å². The first-order valence-electron chi connectivity index (χ1n) is 7.37. The Morgan fingerprint density at radius 1 is 1.24 bits per heavy atom. The molecule has 5 nitrogen and oxygen atoms in total. The Labute approximate surface area is 123 Å². The lowest BCUT2D eigenvalue weighted by atomic mass is 9.92. The van der Waals surface area contributed by atoms with Gasteiger partial charge in [0.1, 0.15) is 0 Å². The summed E-state index contributed by atoms with van der Waals surface area (Å²) in [4.78, 5) is 24.1. The number of carbonyl (C=O) groups excluding carboxylic acids is 1. The van der Waals surface area contributed by atoms with Crippen LogP contribution in [-0.4, -0.2) is 51.4 Å². The second-order valence-corrected chi connectivity index (χ2v) is 5.90. The highest BCUT2D eigenvalue weighted by Crippen LogP contribution is 2.33. The number of aromatic amines is 1. The molecule has 2 saturated heterocycles. The van der Waals surface area contributed by atoms with Gasteiger partial charge < -0.3 is 9.88 Å². The molecule has 2 fully saturated rings. The van der Waals surface area contributed by atoms with Gasteiger partial charge in [0.2, 0.25) is 0 Å². The Hall–Kier alpha value is -2.14. The van der Waals surface area contributed by atoms with Gasteiger partial charge in [0.05, 0.1) is 0 Å². The van der Waals surface area contributed by atoms with Gasteiger partial charge in [0.15, 0.2) is 0 Å². The third-order valence-corrected chi connectivity index (χ3v) is 4.59. The lowest BCUT2D eigenvalue weighted by Crippen LogP contribution is -2.54. The molecule has 2 aromatic rings. The Kier molecular flexibility index (Phi) is 3.00. The van der Waals surface area contributed by atoms with Gasteiger partial charge >= 0.3 is 0 Å². The Bertz CT molecular complexity index is 625. The number of likely N-dealkylation sites (tertiary alicyclic amines) is 2. The van der Waals surface area contributed by atoms with E-state index in [4.69, 9.17) is 0 Å². The monoisotopic (exact) mass is 282 g/mol. The van der Waals surface area contributed by atoms with Crippen molar-refractivity contribution in [2.24, 2.45) is 5.92 Å². The van der Waals surface area contributed by atoms with E-state index in [1.54, 1.807) is 24.5 Å². The third kappa shape index (κ3) is 2.23. The molecule has 4 heterocycles. The molecule has 4 rings (SSSR count). The minimum Gasteiger partial charge on any atom is -0.364 e. The average Bonchev–Trinajstić information content (AvgIpc) is 3.13. The molecule has 108 valence electrons. The summed E-state index contributed by atoms with van der Waals surface area (Å²) in [6.07, 6.45) is 5.31. The van der Waals surface area contributed by atoms with Crippen molar-refractivity contribution in [3.63, 3.8) is 0 Å². The molecule has 2 atom stereocenters. The molecule has 2 aliphatic rings. The number of nitrogens with one attached hydrogen (secondary N) is 1. The molecule has 1 N–H and O–H groups in total. The molecular weight excluding hydrogens is 264 g/mol. The maximum atomic E-state index is 12.5. The van der Waals surface area contributed by atoms with Gasteiger partial charge in [-0.05, 0) is 24.3 Å². The van der Waals surface area contributed by atoms with E-state index in [0.717, 1.165) is 31.7 Å². The van der Waals surface area contributed by atoms with Gasteiger partial charge in [-0.25, -0.2) is 0 Å². The topological polar surface area (TPSA) is 52.2 Å². The third-order valence-electron chi connectivity index (χ3n) is 4.59. The Morgan fingerprint density at radius 2 is 2.10 bits per heavy atom. The Morgan fingerprint density at radius 3 is 2.86 bits per heavy atom. The number of fused-ring (bicyclic) bond motifs is 1. The van der Waals surface area contributed by atoms with E-state index >= 15 is 0 Å². The molecule has 0 aliphatic carbocycles. The highest BCUT2D eigenvalue weighted by atomic mass is 16.2. The average molecular weight is 282 g/mol. The second kappa shape index (κ2) is 5.00. The molecule has 0 radical (unpaired) electrons. The zero-order chi connectivity index (χ0) is 14.2. The minimum absolute atomic E-state index is 0.131. The lowest BCUT2D eigenvalue weighted by Gasteiger charge is -2.43. The molecule has 0 bridgehead atoms. The summed E-state index contributed by atoms with van der Waals surface area (Å²) in [7, 11) is 0. The van der Waals surface area contributed by atoms with Crippen LogP contribution in [-0.2, 0) is 6.54 Å². The number of aromatic nitrogens is 2. The fourth-order valence-electron chi connectivity index (χ4n) is 3.46. The van der Waals surface area contributed by atoms with Gasteiger partial charge in [0, 0.05) is 68.0 Å². The van der Waals surface area contributed by atoms with E-state index in [9.17, 15) is 4.79 Å². The molecular formula is C16H18N4O. The van der Waals surface area contributed by atoms with E-state index in [2.05, 4.69) is 20.9 Å². The smallest absolute Gasteiger partial charge is 0.254 e. The van der Waals surface area contributed by atoms with Crippen molar-refractivity contribution in [3.05, 3.63) is 54.1 Å². The van der Waals surface area contributed by atoms with Crippen molar-refractivity contribution in [1.29, 1.82) is 0 Å². The quantitative estimate of drug-likeness (QED) is 0.925. The normalized spacial score (nSPS) is 24.7. The zero-order valence-electron chi connectivity index (χ0n) is 11.8. The van der Waals surface area contributed by atoms with Gasteiger partial charge in [-0.3, -0.25) is 14.7 Å². The number of rotatable bonds is 3. The van der Waals surface area contributed by atoms with Crippen LogP contribution < -0.4 is 0 Å². The van der Waals surface area contributed by atoms with E-state index in [-0.39, 0.29) is 5.91 Å². The Balaban J connectivity index is 1.40. The number of carbonyl (C=O) groups is 1. The summed E-state index contributed by atoms with van der Waals surface area (Å²) >= 11 is 0. The van der Waals surface area contributed by atoms with Crippen molar-refractivity contribution in [1.82, 2.24) is 19.8 Å². The van der Waals surface area contributed by atoms with Gasteiger partial charge in [-0.15, -0.1) is 0 Å². The first kappa shape index (κ1) is 12.6. The second-order valence-electron chi connectivity index (χ2n) is 5.90. The van der Waals surface area contributed by atoms with Gasteiger partial charge in [-0.1, -0.05) is 0 Å². The van der Waals surface area contributed by atoms with Crippen LogP contribution in [0.1, 0.15) is 16.1 Å². The fraction of sp³-hybridized carbons (Fsp3) is 0.375. The van der Waals surface area contributed by atoms with Crippen LogP contribution >= 0.6 is 0 Å². The predicted octanol–water partition coefficient (Wildman–Crippen LogP) is 1.37. The van der Waals surface area contributed by atoms with E-state index in [1.807, 2.05) is 17.2 Å². The van der Waals surface area contributed by atoms with Crippen LogP contribution in [0.25, 0.3) is 0 Å². The van der Waals surface area contributed by atoms with Crippen LogP contribution in [0, 0.1) is 5.92 Å². The van der Waals surface area contributed by atoms with Gasteiger partial charge in [-0.2, -0.15) is 0 Å². The molecule has 0 spiro atoms. The van der Waals surface area contributed by atoms with Crippen LogP contribution in [0.4, 0.5) is 0 Å². The summed E-state index contributed by atoms with van der Waals surface area (Å²) in [5.41, 5.74) is 1.98. The number of H-pyrrole nitrogens is 1. The molecule has 0 aromatic carbocycles. The predicted molar refractivity (Wildman–Crippen MR) is 78.6 cm³/mol. The summed E-state index contributed by atoms with van der Waals surface area (Å²) < 4.78 is 0. The van der Waals surface area contributed by atoms with Crippen LogP contribution in [0.2, 0.25) is 0 Å². The first-order valence-corrected chi connectivity index (χ1v) is 7.37. The maximum Gasteiger partial charge on any atom is 0.254 e. The molecule has 21 heavy (non-hydrogen) atoms. The lowest BCUT2D eigenvalue weighted by molar-refractivity contribution is 0.0423. The van der Waals surface area contributed by atoms with Crippen molar-refractivity contribution >= 4 is 5.91 Å². The summed E-state index contributed by atoms with van der Waals surface area (Å²) in [6.45, 7) is 3.76. The van der Waals surface area contributed by atoms with Crippen LogP contribution in [0.3, 0.4) is 0 Å². The largest absolute Gasteiger partial charge is 0.364 e. The maximum absolute atomic E-state index is 12.5. The number of amides is 1. The summed E-state index contributed by atoms with van der Waals surface area (Å²) in [5, 5.41) is 0. The molecule has 0 unspecified atom stereocenters. The van der Waals surface area contributed by atoms with Crippen molar-refractivity contribution in [2.75, 3.05) is 19.6 Å². The summed E-state index contributed by atoms with van der Waals surface area (Å²) in [6, 6.07) is 8.24. The number of hydrogen-bond donors (Lipinski definition) is 1. The highest BCUT2D eigenvalue weighted by Gasteiger charge is 2.46. The SMILES string of the molecule is O=C(c1ccncc1)N1C[C@H]2CN(Cc3ccc[nH]3)[C@@H]2C1. The van der Waals surface area contributed by atoms with Gasteiger partial charge in [0.25, 0.3) is 5.91 Å². The number of nitrogens with zero attached hydrogens (tertiary/aromatic N) is 3. The molecule has 2 aromatic heterocycles. The van der Waals surface area contributed by atoms with Crippen molar-refractivity contribution in [2.45, 2.75) is 12.6 Å². The summed E-state index contributed by atoms with van der Waals surface area (Å²) in [5.74, 6) is 0.761. The van der Waals surface area contributed by atoms with Crippen molar-refractivity contribution in [3.8, 4) is 0 Å².